The summed E-state index contributed by atoms with van der Waals surface area (Å²) < 4.78 is 13.1. The molecule has 3 N–H and O–H groups in total. The highest BCUT2D eigenvalue weighted by Crippen LogP contribution is 2.19. The second-order valence-electron chi connectivity index (χ2n) is 3.88. The topological polar surface area (TPSA) is 52.5 Å². The number of nitrogens with one attached hydrogen (secondary N) is 1. The maximum Gasteiger partial charge on any atom is 0.491 e. The lowest BCUT2D eigenvalue weighted by molar-refractivity contribution is 0.423. The van der Waals surface area contributed by atoms with Crippen molar-refractivity contribution in [1.29, 1.82) is 0 Å². The highest BCUT2D eigenvalue weighted by atomic mass is 19.1. The average molecular weight is 209 g/mol. The van der Waals surface area contributed by atoms with Crippen LogP contribution in [0.2, 0.25) is 0 Å². The molecule has 1 fully saturated rings. The molecule has 1 aromatic carbocycles. The summed E-state index contributed by atoms with van der Waals surface area (Å²) in [6, 6.07) is 4.97. The molecular weight excluding hydrogens is 196 g/mol. The van der Waals surface area contributed by atoms with Crippen LogP contribution in [0.3, 0.4) is 0 Å². The predicted octanol–water partition coefficient (Wildman–Crippen LogP) is -0.243. The fourth-order valence-electron chi connectivity index (χ4n) is 1.45. The average Bonchev–Trinajstić information content (AvgIpc) is 3.00. The molecule has 3 nitrogen and oxygen atoms in total. The normalized spacial score (nSPS) is 15.4. The number of hydrogen-bond donors (Lipinski definition) is 3. The lowest BCUT2D eigenvalue weighted by Crippen LogP contribution is -2.33. The molecule has 0 atom stereocenters. The van der Waals surface area contributed by atoms with E-state index < -0.39 is 12.9 Å². The summed E-state index contributed by atoms with van der Waals surface area (Å²) in [5, 5.41) is 21.1. The summed E-state index contributed by atoms with van der Waals surface area (Å²) in [7, 11) is -1.74. The highest BCUT2D eigenvalue weighted by molar-refractivity contribution is 6.58. The Labute approximate surface area is 88.1 Å². The molecule has 5 heteroatoms. The van der Waals surface area contributed by atoms with Crippen LogP contribution < -0.4 is 10.8 Å². The van der Waals surface area contributed by atoms with Crippen LogP contribution in [0.15, 0.2) is 18.2 Å². The van der Waals surface area contributed by atoms with Crippen LogP contribution in [0, 0.1) is 5.82 Å². The second-order valence-corrected chi connectivity index (χ2v) is 3.88. The monoisotopic (exact) mass is 209 g/mol. The number of hydrogen-bond acceptors (Lipinski definition) is 3. The first kappa shape index (κ1) is 10.6. The van der Waals surface area contributed by atoms with Gasteiger partial charge in [-0.2, -0.15) is 0 Å². The minimum absolute atomic E-state index is 0.0647. The zero-order chi connectivity index (χ0) is 10.8. The molecule has 1 aliphatic rings. The number of halogens is 1. The quantitative estimate of drug-likeness (QED) is 0.599. The molecule has 0 bridgehead atoms. The Hall–Kier alpha value is -0.905. The van der Waals surface area contributed by atoms with Gasteiger partial charge in [-0.3, -0.25) is 0 Å². The molecule has 1 saturated carbocycles. The van der Waals surface area contributed by atoms with Gasteiger partial charge < -0.3 is 15.4 Å². The molecule has 0 aromatic heterocycles. The minimum atomic E-state index is -1.74. The third-order valence-corrected chi connectivity index (χ3v) is 2.51. The summed E-state index contributed by atoms with van der Waals surface area (Å²) in [6.07, 6.45) is 2.38. The van der Waals surface area contributed by atoms with Crippen molar-refractivity contribution in [2.45, 2.75) is 25.4 Å². The van der Waals surface area contributed by atoms with E-state index in [1.54, 1.807) is 6.07 Å². The van der Waals surface area contributed by atoms with Crippen molar-refractivity contribution >= 4 is 12.6 Å². The van der Waals surface area contributed by atoms with Crippen LogP contribution in [0.5, 0.6) is 0 Å². The summed E-state index contributed by atoms with van der Waals surface area (Å²) in [4.78, 5) is 0. The van der Waals surface area contributed by atoms with E-state index in [0.717, 1.165) is 5.56 Å². The standard InChI is InChI=1S/C10H13BFNO2/c12-10-4-1-7(5-9(10)11(14)15)6-13-8-2-3-8/h1,4-5,8,13-15H,2-3,6H2. The molecule has 1 aliphatic carbocycles. The Morgan fingerprint density at radius 3 is 2.73 bits per heavy atom. The van der Waals surface area contributed by atoms with Crippen molar-refractivity contribution in [3.8, 4) is 0 Å². The van der Waals surface area contributed by atoms with Crippen molar-refractivity contribution in [3.05, 3.63) is 29.6 Å². The Kier molecular flexibility index (Phi) is 3.04. The summed E-state index contributed by atoms with van der Waals surface area (Å²) in [6.45, 7) is 0.644. The molecule has 1 aromatic rings. The van der Waals surface area contributed by atoms with Gasteiger partial charge in [-0.05, 0) is 24.5 Å². The first-order valence-electron chi connectivity index (χ1n) is 5.04. The lowest BCUT2D eigenvalue weighted by Gasteiger charge is -2.06. The van der Waals surface area contributed by atoms with Gasteiger partial charge in [0.25, 0.3) is 0 Å². The zero-order valence-electron chi connectivity index (χ0n) is 8.28. The van der Waals surface area contributed by atoms with Crippen LogP contribution in [0.4, 0.5) is 4.39 Å². The van der Waals surface area contributed by atoms with Gasteiger partial charge in [0.1, 0.15) is 5.82 Å². The van der Waals surface area contributed by atoms with Gasteiger partial charge in [-0.15, -0.1) is 0 Å². The van der Waals surface area contributed by atoms with Crippen molar-refractivity contribution in [3.63, 3.8) is 0 Å². The fraction of sp³-hybridized carbons (Fsp3) is 0.400. The SMILES string of the molecule is OB(O)c1cc(CNC2CC2)ccc1F. The lowest BCUT2D eigenvalue weighted by atomic mass is 9.79. The molecule has 2 rings (SSSR count). The molecule has 0 spiro atoms. The predicted molar refractivity (Wildman–Crippen MR) is 56.1 cm³/mol. The van der Waals surface area contributed by atoms with Crippen molar-refractivity contribution < 1.29 is 14.4 Å². The van der Waals surface area contributed by atoms with E-state index in [0.29, 0.717) is 12.6 Å². The molecule has 0 radical (unpaired) electrons. The van der Waals surface area contributed by atoms with Gasteiger partial charge >= 0.3 is 7.12 Å². The summed E-state index contributed by atoms with van der Waals surface area (Å²) in [5.74, 6) is -0.583. The van der Waals surface area contributed by atoms with E-state index in [1.807, 2.05) is 0 Å². The molecule has 15 heavy (non-hydrogen) atoms. The summed E-state index contributed by atoms with van der Waals surface area (Å²) >= 11 is 0. The molecule has 80 valence electrons. The Morgan fingerprint density at radius 2 is 2.13 bits per heavy atom. The van der Waals surface area contributed by atoms with E-state index in [4.69, 9.17) is 10.0 Å². The Bertz CT molecular complexity index is 355. The van der Waals surface area contributed by atoms with Gasteiger partial charge in [0.15, 0.2) is 0 Å². The van der Waals surface area contributed by atoms with Gasteiger partial charge in [0, 0.05) is 18.0 Å². The van der Waals surface area contributed by atoms with Crippen LogP contribution >= 0.6 is 0 Å². The first-order valence-corrected chi connectivity index (χ1v) is 5.04. The first-order chi connectivity index (χ1) is 7.16. The Balaban J connectivity index is 2.06. The second kappa shape index (κ2) is 4.30. The maximum absolute atomic E-state index is 13.1. The van der Waals surface area contributed by atoms with Crippen molar-refractivity contribution in [1.82, 2.24) is 5.32 Å². The smallest absolute Gasteiger partial charge is 0.423 e. The van der Waals surface area contributed by atoms with Gasteiger partial charge in [-0.25, -0.2) is 4.39 Å². The van der Waals surface area contributed by atoms with Crippen molar-refractivity contribution in [2.24, 2.45) is 0 Å². The van der Waals surface area contributed by atoms with E-state index in [-0.39, 0.29) is 5.46 Å². The van der Waals surface area contributed by atoms with Crippen molar-refractivity contribution in [2.75, 3.05) is 0 Å². The maximum atomic E-state index is 13.1. The summed E-state index contributed by atoms with van der Waals surface area (Å²) in [5.41, 5.74) is 0.802. The molecule has 0 amide bonds. The third-order valence-electron chi connectivity index (χ3n) is 2.51. The van der Waals surface area contributed by atoms with E-state index in [2.05, 4.69) is 5.32 Å². The molecule has 0 heterocycles. The molecule has 0 saturated heterocycles. The zero-order valence-corrected chi connectivity index (χ0v) is 8.28. The number of rotatable bonds is 4. The van der Waals surface area contributed by atoms with E-state index in [1.165, 1.54) is 25.0 Å². The van der Waals surface area contributed by atoms with Gasteiger partial charge in [0.05, 0.1) is 0 Å². The van der Waals surface area contributed by atoms with Crippen LogP contribution in [-0.2, 0) is 6.54 Å². The Morgan fingerprint density at radius 1 is 1.40 bits per heavy atom. The third kappa shape index (κ3) is 2.78. The van der Waals surface area contributed by atoms with Gasteiger partial charge in [-0.1, -0.05) is 12.1 Å². The highest BCUT2D eigenvalue weighted by Gasteiger charge is 2.21. The fourth-order valence-corrected chi connectivity index (χ4v) is 1.45. The van der Waals surface area contributed by atoms with Crippen LogP contribution in [0.1, 0.15) is 18.4 Å². The molecular formula is C10H13BFNO2. The van der Waals surface area contributed by atoms with E-state index in [9.17, 15) is 4.39 Å². The largest absolute Gasteiger partial charge is 0.491 e. The molecule has 0 aliphatic heterocycles. The van der Waals surface area contributed by atoms with Crippen LogP contribution in [0.25, 0.3) is 0 Å². The van der Waals surface area contributed by atoms with Gasteiger partial charge in [0.2, 0.25) is 0 Å². The molecule has 0 unspecified atom stereocenters. The van der Waals surface area contributed by atoms with Crippen LogP contribution in [-0.4, -0.2) is 23.2 Å². The van der Waals surface area contributed by atoms with E-state index >= 15 is 0 Å². The number of benzene rings is 1. The minimum Gasteiger partial charge on any atom is -0.423 e.